The average molecular weight is 248 g/mol. The first-order valence-corrected chi connectivity index (χ1v) is 5.88. The van der Waals surface area contributed by atoms with E-state index in [9.17, 15) is 4.79 Å². The summed E-state index contributed by atoms with van der Waals surface area (Å²) >= 11 is 0. The van der Waals surface area contributed by atoms with Gasteiger partial charge in [0.2, 0.25) is 0 Å². The highest BCUT2D eigenvalue weighted by molar-refractivity contribution is 5.78. The molecular weight excluding hydrogens is 232 g/mol. The van der Waals surface area contributed by atoms with Gasteiger partial charge in [-0.15, -0.1) is 0 Å². The summed E-state index contributed by atoms with van der Waals surface area (Å²) in [5.74, 6) is 0.499. The first-order valence-electron chi connectivity index (χ1n) is 5.88. The van der Waals surface area contributed by atoms with Crippen LogP contribution in [0.5, 0.6) is 0 Å². The second kappa shape index (κ2) is 5.64. The highest BCUT2D eigenvalue weighted by Gasteiger charge is 2.13. The van der Waals surface area contributed by atoms with Crippen molar-refractivity contribution in [2.45, 2.75) is 19.4 Å². The smallest absolute Gasteiger partial charge is 0.325 e. The molecule has 18 heavy (non-hydrogen) atoms. The first-order chi connectivity index (χ1) is 8.76. The van der Waals surface area contributed by atoms with Crippen LogP contribution in [0.4, 0.5) is 0 Å². The van der Waals surface area contributed by atoms with E-state index >= 15 is 0 Å². The number of ether oxygens (including phenoxy) is 1. The zero-order chi connectivity index (χ0) is 13.0. The standard InChI is InChI=1S/C13H16N2O3/c1-18-13(17)9-15-11-6-3-2-5-10(11)14-12(15)7-4-8-16/h2-3,5-6,16H,4,7-9H2,1H3. The molecule has 5 heteroatoms. The van der Waals surface area contributed by atoms with E-state index in [0.717, 1.165) is 16.9 Å². The Morgan fingerprint density at radius 2 is 2.22 bits per heavy atom. The fourth-order valence-electron chi connectivity index (χ4n) is 1.92. The minimum Gasteiger partial charge on any atom is -0.468 e. The average Bonchev–Trinajstić information content (AvgIpc) is 2.74. The molecular formula is C13H16N2O3. The van der Waals surface area contributed by atoms with E-state index in [1.165, 1.54) is 7.11 Å². The number of nitrogens with zero attached hydrogens (tertiary/aromatic N) is 2. The fraction of sp³-hybridized carbons (Fsp3) is 0.385. The summed E-state index contributed by atoms with van der Waals surface area (Å²) in [7, 11) is 1.37. The molecule has 0 radical (unpaired) electrons. The third kappa shape index (κ3) is 2.51. The highest BCUT2D eigenvalue weighted by Crippen LogP contribution is 2.17. The molecule has 1 aromatic carbocycles. The molecule has 0 saturated heterocycles. The molecule has 0 saturated carbocycles. The number of rotatable bonds is 5. The van der Waals surface area contributed by atoms with E-state index in [1.807, 2.05) is 28.8 Å². The molecule has 1 N–H and O–H groups in total. The third-order valence-corrected chi connectivity index (χ3v) is 2.81. The first kappa shape index (κ1) is 12.6. The van der Waals surface area contributed by atoms with Crippen molar-refractivity contribution in [3.63, 3.8) is 0 Å². The molecule has 0 aliphatic heterocycles. The Kier molecular flexibility index (Phi) is 3.94. The van der Waals surface area contributed by atoms with Gasteiger partial charge in [0.15, 0.2) is 0 Å². The number of hydrogen-bond acceptors (Lipinski definition) is 4. The maximum atomic E-state index is 11.4. The number of benzene rings is 1. The number of methoxy groups -OCH3 is 1. The van der Waals surface area contributed by atoms with Crippen LogP contribution in [0.3, 0.4) is 0 Å². The van der Waals surface area contributed by atoms with Gasteiger partial charge in [-0.1, -0.05) is 12.1 Å². The Balaban J connectivity index is 2.40. The molecule has 2 rings (SSSR count). The Morgan fingerprint density at radius 3 is 2.94 bits per heavy atom. The number of fused-ring (bicyclic) bond motifs is 1. The molecule has 0 unspecified atom stereocenters. The molecule has 0 aliphatic carbocycles. The molecule has 2 aromatic rings. The number of aryl methyl sites for hydroxylation is 1. The molecule has 0 fully saturated rings. The molecule has 0 atom stereocenters. The second-order valence-corrected chi connectivity index (χ2v) is 4.01. The molecule has 1 aromatic heterocycles. The van der Waals surface area contributed by atoms with Gasteiger partial charge in [-0.25, -0.2) is 4.98 Å². The van der Waals surface area contributed by atoms with Crippen LogP contribution in [0.25, 0.3) is 11.0 Å². The van der Waals surface area contributed by atoms with Crippen molar-refractivity contribution in [2.75, 3.05) is 13.7 Å². The van der Waals surface area contributed by atoms with Crippen molar-refractivity contribution in [3.05, 3.63) is 30.1 Å². The number of carbonyl (C=O) groups is 1. The number of aliphatic hydroxyl groups excluding tert-OH is 1. The lowest BCUT2D eigenvalue weighted by molar-refractivity contribution is -0.141. The number of aliphatic hydroxyl groups is 1. The zero-order valence-corrected chi connectivity index (χ0v) is 10.3. The Labute approximate surface area is 105 Å². The minimum atomic E-state index is -0.302. The van der Waals surface area contributed by atoms with Gasteiger partial charge in [0, 0.05) is 13.0 Å². The van der Waals surface area contributed by atoms with Gasteiger partial charge in [0.25, 0.3) is 0 Å². The summed E-state index contributed by atoms with van der Waals surface area (Å²) in [6.07, 6.45) is 1.27. The minimum absolute atomic E-state index is 0.113. The van der Waals surface area contributed by atoms with Crippen molar-refractivity contribution >= 4 is 17.0 Å². The van der Waals surface area contributed by atoms with Crippen LogP contribution in [-0.4, -0.2) is 34.3 Å². The quantitative estimate of drug-likeness (QED) is 0.806. The normalized spacial score (nSPS) is 10.8. The zero-order valence-electron chi connectivity index (χ0n) is 10.3. The van der Waals surface area contributed by atoms with Crippen molar-refractivity contribution in [3.8, 4) is 0 Å². The number of para-hydroxylation sites is 2. The lowest BCUT2D eigenvalue weighted by atomic mass is 10.3. The number of aromatic nitrogens is 2. The monoisotopic (exact) mass is 248 g/mol. The maximum Gasteiger partial charge on any atom is 0.325 e. The summed E-state index contributed by atoms with van der Waals surface area (Å²) < 4.78 is 6.54. The van der Waals surface area contributed by atoms with Gasteiger partial charge in [-0.05, 0) is 18.6 Å². The number of esters is 1. The van der Waals surface area contributed by atoms with Crippen molar-refractivity contribution in [1.29, 1.82) is 0 Å². The number of hydrogen-bond donors (Lipinski definition) is 1. The SMILES string of the molecule is COC(=O)Cn1c(CCCO)nc2ccccc21. The van der Waals surface area contributed by atoms with Gasteiger partial charge in [0.05, 0.1) is 18.1 Å². The Morgan fingerprint density at radius 1 is 1.44 bits per heavy atom. The molecule has 0 amide bonds. The summed E-state index contributed by atoms with van der Waals surface area (Å²) in [6.45, 7) is 0.263. The van der Waals surface area contributed by atoms with E-state index in [0.29, 0.717) is 12.8 Å². The van der Waals surface area contributed by atoms with Crippen molar-refractivity contribution in [1.82, 2.24) is 9.55 Å². The summed E-state index contributed by atoms with van der Waals surface area (Å²) in [5, 5.41) is 8.89. The van der Waals surface area contributed by atoms with Crippen molar-refractivity contribution in [2.24, 2.45) is 0 Å². The topological polar surface area (TPSA) is 64.3 Å². The van der Waals surface area contributed by atoms with E-state index in [-0.39, 0.29) is 19.1 Å². The predicted octanol–water partition coefficient (Wildman–Crippen LogP) is 1.13. The molecule has 96 valence electrons. The van der Waals surface area contributed by atoms with E-state index in [1.54, 1.807) is 0 Å². The Hall–Kier alpha value is -1.88. The van der Waals surface area contributed by atoms with Crippen LogP contribution in [0.1, 0.15) is 12.2 Å². The number of imidazole rings is 1. The van der Waals surface area contributed by atoms with E-state index in [4.69, 9.17) is 9.84 Å². The van der Waals surface area contributed by atoms with Crippen LogP contribution < -0.4 is 0 Å². The third-order valence-electron chi connectivity index (χ3n) is 2.81. The van der Waals surface area contributed by atoms with Crippen LogP contribution in [0.2, 0.25) is 0 Å². The second-order valence-electron chi connectivity index (χ2n) is 4.01. The largest absolute Gasteiger partial charge is 0.468 e. The van der Waals surface area contributed by atoms with Crippen LogP contribution in [0, 0.1) is 0 Å². The van der Waals surface area contributed by atoms with Crippen LogP contribution in [-0.2, 0) is 22.5 Å². The summed E-state index contributed by atoms with van der Waals surface area (Å²) in [4.78, 5) is 15.9. The molecule has 0 aliphatic rings. The molecule has 0 spiro atoms. The van der Waals surface area contributed by atoms with Gasteiger partial charge >= 0.3 is 5.97 Å². The Bertz CT molecular complexity index is 548. The van der Waals surface area contributed by atoms with Gasteiger partial charge in [0.1, 0.15) is 12.4 Å². The fourth-order valence-corrected chi connectivity index (χ4v) is 1.92. The van der Waals surface area contributed by atoms with Gasteiger partial charge < -0.3 is 14.4 Å². The highest BCUT2D eigenvalue weighted by atomic mass is 16.5. The maximum absolute atomic E-state index is 11.4. The van der Waals surface area contributed by atoms with E-state index in [2.05, 4.69) is 4.98 Å². The predicted molar refractivity (Wildman–Crippen MR) is 67.2 cm³/mol. The van der Waals surface area contributed by atoms with E-state index < -0.39 is 0 Å². The lowest BCUT2D eigenvalue weighted by Gasteiger charge is -2.07. The summed E-state index contributed by atoms with van der Waals surface area (Å²) in [6, 6.07) is 7.65. The van der Waals surface area contributed by atoms with Crippen molar-refractivity contribution < 1.29 is 14.6 Å². The lowest BCUT2D eigenvalue weighted by Crippen LogP contribution is -2.14. The van der Waals surface area contributed by atoms with Crippen LogP contribution in [0.15, 0.2) is 24.3 Å². The molecule has 0 bridgehead atoms. The summed E-state index contributed by atoms with van der Waals surface area (Å²) in [5.41, 5.74) is 1.77. The van der Waals surface area contributed by atoms with Gasteiger partial charge in [-0.3, -0.25) is 4.79 Å². The van der Waals surface area contributed by atoms with Gasteiger partial charge in [-0.2, -0.15) is 0 Å². The molecule has 5 nitrogen and oxygen atoms in total. The van der Waals surface area contributed by atoms with Crippen LogP contribution >= 0.6 is 0 Å². The number of carbonyl (C=O) groups excluding carboxylic acids is 1. The molecule has 1 heterocycles.